The van der Waals surface area contributed by atoms with Crippen molar-refractivity contribution >= 4 is 17.9 Å². The van der Waals surface area contributed by atoms with E-state index in [1.54, 1.807) is 0 Å². The number of phenolic OH excluding ortho intramolecular Hbond substituents is 4. The Kier molecular flexibility index (Phi) is 9.00. The Labute approximate surface area is 223 Å². The fourth-order valence-electron chi connectivity index (χ4n) is 3.78. The molecule has 3 rings (SSSR count). The smallest absolute Gasteiger partial charge is 0.315 e. The number of aliphatic hydroxyl groups excluding tert-OH is 1. The second-order valence-electron chi connectivity index (χ2n) is 8.82. The van der Waals surface area contributed by atoms with Gasteiger partial charge in [0.1, 0.15) is 17.6 Å². The van der Waals surface area contributed by atoms with Gasteiger partial charge in [-0.25, -0.2) is 0 Å². The van der Waals surface area contributed by atoms with Crippen molar-refractivity contribution in [2.75, 3.05) is 0 Å². The molecule has 0 aliphatic carbocycles. The van der Waals surface area contributed by atoms with Crippen LogP contribution in [0.3, 0.4) is 0 Å². The minimum absolute atomic E-state index is 0.109. The summed E-state index contributed by atoms with van der Waals surface area (Å²) in [5.74, 6) is -5.09. The zero-order chi connectivity index (χ0) is 28.9. The van der Waals surface area contributed by atoms with E-state index in [4.69, 9.17) is 14.2 Å². The highest BCUT2D eigenvalue weighted by Gasteiger charge is 2.31. The molecule has 11 nitrogen and oxygen atoms in total. The number of carbonyl (C=O) groups is 3. The van der Waals surface area contributed by atoms with Crippen molar-refractivity contribution in [1.29, 1.82) is 0 Å². The van der Waals surface area contributed by atoms with Crippen LogP contribution in [-0.2, 0) is 19.1 Å². The molecule has 0 amide bonds. The molecule has 0 unspecified atom stereocenters. The van der Waals surface area contributed by atoms with Crippen LogP contribution in [0.4, 0.5) is 0 Å². The third-order valence-corrected chi connectivity index (χ3v) is 5.38. The van der Waals surface area contributed by atoms with E-state index in [-0.39, 0.29) is 33.8 Å². The summed E-state index contributed by atoms with van der Waals surface area (Å²) in [5.41, 5.74) is -0.155. The highest BCUT2D eigenvalue weighted by molar-refractivity contribution is 5.95. The van der Waals surface area contributed by atoms with Crippen LogP contribution in [0, 0.1) is 0 Å². The Morgan fingerprint density at radius 3 is 1.44 bits per heavy atom. The van der Waals surface area contributed by atoms with Gasteiger partial charge in [-0.1, -0.05) is 24.3 Å². The summed E-state index contributed by atoms with van der Waals surface area (Å²) in [6.45, 7) is 4.00. The number of hydrogen-bond acceptors (Lipinski definition) is 11. The minimum Gasteiger partial charge on any atom is -0.508 e. The Morgan fingerprint density at radius 2 is 1.08 bits per heavy atom. The zero-order valence-electron chi connectivity index (χ0n) is 21.4. The fraction of sp³-hybridized carbons (Fsp3) is 0.250. The number of benzene rings is 3. The number of aromatic hydroxyl groups is 4. The van der Waals surface area contributed by atoms with Crippen LogP contribution in [0.2, 0.25) is 0 Å². The number of aliphatic hydroxyl groups is 1. The summed E-state index contributed by atoms with van der Waals surface area (Å²) in [6.07, 6.45) is -2.76. The van der Waals surface area contributed by atoms with Gasteiger partial charge in [0.2, 0.25) is 0 Å². The molecule has 0 radical (unpaired) electrons. The predicted molar refractivity (Wildman–Crippen MR) is 137 cm³/mol. The first-order valence-corrected chi connectivity index (χ1v) is 11.8. The van der Waals surface area contributed by atoms with Crippen LogP contribution >= 0.6 is 0 Å². The van der Waals surface area contributed by atoms with Crippen molar-refractivity contribution < 1.29 is 54.1 Å². The van der Waals surface area contributed by atoms with Crippen molar-refractivity contribution in [3.05, 3.63) is 48.5 Å². The van der Waals surface area contributed by atoms with Gasteiger partial charge in [0.15, 0.2) is 23.0 Å². The first kappa shape index (κ1) is 28.8. The molecular formula is C28H28O11. The van der Waals surface area contributed by atoms with E-state index in [9.17, 15) is 39.9 Å². The first-order valence-electron chi connectivity index (χ1n) is 11.8. The van der Waals surface area contributed by atoms with Crippen molar-refractivity contribution in [1.82, 2.24) is 0 Å². The van der Waals surface area contributed by atoms with Crippen molar-refractivity contribution in [2.24, 2.45) is 0 Å². The largest absolute Gasteiger partial charge is 0.508 e. The van der Waals surface area contributed by atoms with Crippen LogP contribution in [0.15, 0.2) is 48.5 Å². The molecule has 11 heteroatoms. The third kappa shape index (κ3) is 7.17. The SMILES string of the molecule is CC(=O)O[C@H](C)CC(=O)Oc1c(O)c(-c2ccc(O)cc2)c(OC(=O)C[C@@H](C)O)c(O)c1-c1ccc(O)cc1. The highest BCUT2D eigenvalue weighted by atomic mass is 16.6. The van der Waals surface area contributed by atoms with E-state index >= 15 is 0 Å². The Hall–Kier alpha value is -4.77. The van der Waals surface area contributed by atoms with Gasteiger partial charge in [-0.2, -0.15) is 0 Å². The normalized spacial score (nSPS) is 12.3. The number of esters is 3. The van der Waals surface area contributed by atoms with Gasteiger partial charge in [-0.3, -0.25) is 14.4 Å². The van der Waals surface area contributed by atoms with Gasteiger partial charge in [0, 0.05) is 6.92 Å². The average molecular weight is 541 g/mol. The Morgan fingerprint density at radius 1 is 0.692 bits per heavy atom. The molecule has 3 aromatic rings. The van der Waals surface area contributed by atoms with Crippen LogP contribution in [0.25, 0.3) is 22.3 Å². The number of ether oxygens (including phenoxy) is 3. The summed E-state index contributed by atoms with van der Waals surface area (Å²) in [7, 11) is 0. The molecule has 0 aromatic heterocycles. The van der Waals surface area contributed by atoms with Gasteiger partial charge >= 0.3 is 17.9 Å². The van der Waals surface area contributed by atoms with Crippen LogP contribution < -0.4 is 9.47 Å². The second-order valence-corrected chi connectivity index (χ2v) is 8.82. The Bertz CT molecular complexity index is 1360. The molecule has 0 aliphatic rings. The third-order valence-electron chi connectivity index (χ3n) is 5.38. The minimum atomic E-state index is -1.07. The lowest BCUT2D eigenvalue weighted by atomic mass is 9.95. The van der Waals surface area contributed by atoms with E-state index in [1.165, 1.54) is 69.3 Å². The summed E-state index contributed by atoms with van der Waals surface area (Å²) in [6, 6.07) is 10.6. The monoisotopic (exact) mass is 540 g/mol. The lowest BCUT2D eigenvalue weighted by Gasteiger charge is -2.21. The van der Waals surface area contributed by atoms with Crippen molar-refractivity contribution in [3.63, 3.8) is 0 Å². The molecule has 39 heavy (non-hydrogen) atoms. The molecular weight excluding hydrogens is 512 g/mol. The Balaban J connectivity index is 2.27. The molecule has 0 aliphatic heterocycles. The van der Waals surface area contributed by atoms with E-state index in [0.717, 1.165) is 0 Å². The molecule has 0 saturated heterocycles. The van der Waals surface area contributed by atoms with Crippen LogP contribution in [-0.4, -0.2) is 55.6 Å². The van der Waals surface area contributed by atoms with Crippen molar-refractivity contribution in [2.45, 2.75) is 45.8 Å². The first-order chi connectivity index (χ1) is 18.4. The van der Waals surface area contributed by atoms with Gasteiger partial charge in [0.05, 0.1) is 30.1 Å². The van der Waals surface area contributed by atoms with Crippen LogP contribution in [0.5, 0.6) is 34.5 Å². The molecule has 0 bridgehead atoms. The molecule has 0 spiro atoms. The van der Waals surface area contributed by atoms with E-state index < -0.39 is 66.0 Å². The van der Waals surface area contributed by atoms with E-state index in [1.807, 2.05) is 0 Å². The van der Waals surface area contributed by atoms with Gasteiger partial charge in [-0.05, 0) is 49.2 Å². The highest BCUT2D eigenvalue weighted by Crippen LogP contribution is 2.56. The molecule has 5 N–H and O–H groups in total. The summed E-state index contributed by atoms with van der Waals surface area (Å²) in [5, 5.41) is 51.9. The molecule has 0 heterocycles. The zero-order valence-corrected chi connectivity index (χ0v) is 21.4. The number of phenols is 4. The quantitative estimate of drug-likeness (QED) is 0.151. The van der Waals surface area contributed by atoms with Gasteiger partial charge in [-0.15, -0.1) is 0 Å². The molecule has 0 saturated carbocycles. The van der Waals surface area contributed by atoms with Crippen LogP contribution in [0.1, 0.15) is 33.6 Å². The van der Waals surface area contributed by atoms with Gasteiger partial charge in [0.25, 0.3) is 0 Å². The molecule has 206 valence electrons. The maximum atomic E-state index is 12.8. The number of hydrogen-bond donors (Lipinski definition) is 5. The number of rotatable bonds is 9. The summed E-state index contributed by atoms with van der Waals surface area (Å²) < 4.78 is 15.8. The van der Waals surface area contributed by atoms with Crippen molar-refractivity contribution in [3.8, 4) is 56.8 Å². The molecule has 3 aromatic carbocycles. The van der Waals surface area contributed by atoms with E-state index in [0.29, 0.717) is 0 Å². The van der Waals surface area contributed by atoms with Gasteiger partial charge < -0.3 is 39.7 Å². The standard InChI is InChI=1S/C28H28O11/c1-14(29)12-21(33)38-27-23(17-4-8-19(31)9-5-17)26(36)28(39-22(34)13-15(2)37-16(3)30)24(25(27)35)18-6-10-20(32)11-7-18/h4-11,14-15,29,31-32,35-36H,12-13H2,1-3H3/t14-,15-/m1/s1. The summed E-state index contributed by atoms with van der Waals surface area (Å²) in [4.78, 5) is 36.5. The average Bonchev–Trinajstić information content (AvgIpc) is 2.83. The predicted octanol–water partition coefficient (Wildman–Crippen LogP) is 3.77. The lowest BCUT2D eigenvalue weighted by Crippen LogP contribution is -2.20. The fourth-order valence-corrected chi connectivity index (χ4v) is 3.78. The lowest BCUT2D eigenvalue weighted by molar-refractivity contribution is -0.149. The molecule has 2 atom stereocenters. The molecule has 0 fully saturated rings. The maximum Gasteiger partial charge on any atom is 0.315 e. The maximum absolute atomic E-state index is 12.8. The number of carbonyl (C=O) groups excluding carboxylic acids is 3. The second kappa shape index (κ2) is 12.2. The topological polar surface area (TPSA) is 180 Å². The van der Waals surface area contributed by atoms with E-state index in [2.05, 4.69) is 0 Å². The summed E-state index contributed by atoms with van der Waals surface area (Å²) >= 11 is 0.